The van der Waals surface area contributed by atoms with E-state index < -0.39 is 22.8 Å². The van der Waals surface area contributed by atoms with Gasteiger partial charge in [-0.15, -0.1) is 0 Å². The number of carbonyl (C=O) groups excluding carboxylic acids is 2. The molecule has 28 heavy (non-hydrogen) atoms. The number of fused-ring (bicyclic) bond motifs is 1. The first-order chi connectivity index (χ1) is 13.1. The van der Waals surface area contributed by atoms with Crippen molar-refractivity contribution in [3.63, 3.8) is 0 Å². The maximum Gasteiger partial charge on any atom is 0.303 e. The van der Waals surface area contributed by atoms with Crippen LogP contribution in [0.2, 0.25) is 0 Å². The third-order valence-electron chi connectivity index (χ3n) is 5.40. The van der Waals surface area contributed by atoms with Crippen LogP contribution in [0.1, 0.15) is 38.7 Å². The Morgan fingerprint density at radius 3 is 2.68 bits per heavy atom. The number of carboxylic acids is 1. The Kier molecular flexibility index (Phi) is 5.42. The molecule has 2 amide bonds. The number of amides is 2. The van der Waals surface area contributed by atoms with Crippen molar-refractivity contribution in [3.8, 4) is 5.75 Å². The second-order valence-corrected chi connectivity index (χ2v) is 8.78. The summed E-state index contributed by atoms with van der Waals surface area (Å²) in [6, 6.07) is 3.25. The molecule has 9 heteroatoms. The van der Waals surface area contributed by atoms with Crippen LogP contribution in [0.4, 0.5) is 5.69 Å². The second-order valence-electron chi connectivity index (χ2n) is 7.86. The number of carbonyl (C=O) groups is 3. The molecule has 3 rings (SSSR count). The maximum absolute atomic E-state index is 12.9. The molecule has 0 radical (unpaired) electrons. The van der Waals surface area contributed by atoms with Crippen LogP contribution in [0.15, 0.2) is 16.6 Å². The Labute approximate surface area is 171 Å². The molecular formula is C19H23BrN2O6. The monoisotopic (exact) mass is 454 g/mol. The van der Waals surface area contributed by atoms with Gasteiger partial charge in [-0.25, -0.2) is 0 Å². The zero-order valence-electron chi connectivity index (χ0n) is 15.7. The number of aliphatic carboxylic acids is 1. The number of hydrogen-bond acceptors (Lipinski definition) is 5. The predicted octanol–water partition coefficient (Wildman–Crippen LogP) is 1.92. The van der Waals surface area contributed by atoms with E-state index >= 15 is 0 Å². The number of hydrogen-bond donors (Lipinski definition) is 3. The van der Waals surface area contributed by atoms with E-state index in [1.807, 2.05) is 0 Å². The Morgan fingerprint density at radius 1 is 1.36 bits per heavy atom. The van der Waals surface area contributed by atoms with Gasteiger partial charge in [0.05, 0.1) is 23.2 Å². The number of carboxylic acid groups (broad SMARTS) is 1. The van der Waals surface area contributed by atoms with Gasteiger partial charge in [-0.1, -0.05) is 15.9 Å². The van der Waals surface area contributed by atoms with E-state index in [1.165, 1.54) is 11.0 Å². The average Bonchev–Trinajstić information content (AvgIpc) is 3.12. The van der Waals surface area contributed by atoms with Gasteiger partial charge in [0.15, 0.2) is 0 Å². The lowest BCUT2D eigenvalue weighted by Crippen LogP contribution is -2.53. The Morgan fingerprint density at radius 2 is 2.07 bits per heavy atom. The summed E-state index contributed by atoms with van der Waals surface area (Å²) in [5.74, 6) is -1.73. The van der Waals surface area contributed by atoms with E-state index in [-0.39, 0.29) is 37.6 Å². The highest BCUT2D eigenvalue weighted by Crippen LogP contribution is 2.47. The van der Waals surface area contributed by atoms with E-state index in [0.29, 0.717) is 28.8 Å². The smallest absolute Gasteiger partial charge is 0.303 e. The van der Waals surface area contributed by atoms with Crippen LogP contribution in [0.5, 0.6) is 5.75 Å². The predicted molar refractivity (Wildman–Crippen MR) is 104 cm³/mol. The number of nitrogens with zero attached hydrogens (tertiary/aromatic N) is 1. The molecule has 1 aromatic carbocycles. The molecule has 2 aliphatic heterocycles. The van der Waals surface area contributed by atoms with Crippen molar-refractivity contribution in [3.05, 3.63) is 22.2 Å². The van der Waals surface area contributed by atoms with E-state index in [0.717, 1.165) is 0 Å². The molecule has 0 aromatic heterocycles. The highest BCUT2D eigenvalue weighted by Gasteiger charge is 2.47. The third-order valence-corrected chi connectivity index (χ3v) is 5.86. The van der Waals surface area contributed by atoms with Crippen LogP contribution >= 0.6 is 15.9 Å². The van der Waals surface area contributed by atoms with Gasteiger partial charge >= 0.3 is 5.97 Å². The van der Waals surface area contributed by atoms with Crippen LogP contribution < -0.4 is 10.2 Å². The second kappa shape index (κ2) is 7.36. The number of ether oxygens (including phenoxy) is 1. The molecule has 0 unspecified atom stereocenters. The first kappa shape index (κ1) is 20.6. The number of phenolic OH excluding ortho intramolecular Hbond substituents is 1. The van der Waals surface area contributed by atoms with Crippen molar-refractivity contribution in [1.29, 1.82) is 0 Å². The molecule has 8 nitrogen and oxygen atoms in total. The van der Waals surface area contributed by atoms with Gasteiger partial charge in [0.2, 0.25) is 11.8 Å². The molecule has 1 aromatic rings. The molecule has 0 spiro atoms. The molecule has 0 aliphatic carbocycles. The summed E-state index contributed by atoms with van der Waals surface area (Å²) < 4.78 is 6.02. The first-order valence-electron chi connectivity index (χ1n) is 9.01. The van der Waals surface area contributed by atoms with Gasteiger partial charge in [0, 0.05) is 17.5 Å². The van der Waals surface area contributed by atoms with Crippen LogP contribution in [0, 0.1) is 0 Å². The van der Waals surface area contributed by atoms with Gasteiger partial charge in [0.25, 0.3) is 0 Å². The lowest BCUT2D eigenvalue weighted by molar-refractivity contribution is -0.138. The third kappa shape index (κ3) is 3.73. The molecular weight excluding hydrogens is 432 g/mol. The highest BCUT2D eigenvalue weighted by atomic mass is 79.9. The van der Waals surface area contributed by atoms with Crippen molar-refractivity contribution in [2.24, 2.45) is 0 Å². The minimum Gasteiger partial charge on any atom is -0.506 e. The summed E-state index contributed by atoms with van der Waals surface area (Å²) in [5.41, 5.74) is -0.662. The van der Waals surface area contributed by atoms with Gasteiger partial charge in [-0.3, -0.25) is 19.3 Å². The van der Waals surface area contributed by atoms with E-state index in [1.54, 1.807) is 19.9 Å². The fourth-order valence-electron chi connectivity index (χ4n) is 3.84. The van der Waals surface area contributed by atoms with Crippen LogP contribution in [0.3, 0.4) is 0 Å². The van der Waals surface area contributed by atoms with Crippen molar-refractivity contribution in [2.45, 2.75) is 44.1 Å². The summed E-state index contributed by atoms with van der Waals surface area (Å²) in [4.78, 5) is 37.9. The number of aromatic hydroxyl groups is 1. The average molecular weight is 455 g/mol. The maximum atomic E-state index is 12.9. The first-order valence-corrected chi connectivity index (χ1v) is 9.80. The number of benzene rings is 1. The van der Waals surface area contributed by atoms with Crippen molar-refractivity contribution in [2.75, 3.05) is 24.7 Å². The van der Waals surface area contributed by atoms with Crippen molar-refractivity contribution < 1.29 is 29.3 Å². The minimum atomic E-state index is -0.943. The van der Waals surface area contributed by atoms with Gasteiger partial charge in [-0.2, -0.15) is 0 Å². The number of phenols is 1. The summed E-state index contributed by atoms with van der Waals surface area (Å²) in [7, 11) is 0. The normalized spacial score (nSPS) is 23.0. The van der Waals surface area contributed by atoms with E-state index in [2.05, 4.69) is 21.2 Å². The van der Waals surface area contributed by atoms with Crippen LogP contribution in [-0.4, -0.2) is 53.3 Å². The quantitative estimate of drug-likeness (QED) is 0.604. The van der Waals surface area contributed by atoms with Crippen LogP contribution in [0.25, 0.3) is 0 Å². The van der Waals surface area contributed by atoms with Crippen LogP contribution in [-0.2, 0) is 24.5 Å². The molecule has 3 N–H and O–H groups in total. The SMILES string of the molecule is CC1(C)C(=O)N(CC(=O)N[C@@]2(CCC(=O)O)CCOC2)c2c(O)cc(Br)cc21. The van der Waals surface area contributed by atoms with Gasteiger partial charge < -0.3 is 20.3 Å². The molecule has 0 bridgehead atoms. The van der Waals surface area contributed by atoms with Gasteiger partial charge in [0.1, 0.15) is 12.3 Å². The number of nitrogens with one attached hydrogen (secondary N) is 1. The lowest BCUT2D eigenvalue weighted by Gasteiger charge is -2.29. The summed E-state index contributed by atoms with van der Waals surface area (Å²) >= 11 is 3.32. The molecule has 152 valence electrons. The molecule has 1 saturated heterocycles. The fraction of sp³-hybridized carbons (Fsp3) is 0.526. The van der Waals surface area contributed by atoms with E-state index in [9.17, 15) is 19.5 Å². The molecule has 2 heterocycles. The number of rotatable bonds is 6. The topological polar surface area (TPSA) is 116 Å². The molecule has 1 atom stereocenters. The minimum absolute atomic E-state index is 0.0825. The summed E-state index contributed by atoms with van der Waals surface area (Å²) in [6.07, 6.45) is 0.680. The number of anilines is 1. The fourth-order valence-corrected chi connectivity index (χ4v) is 4.29. The zero-order valence-corrected chi connectivity index (χ0v) is 17.3. The summed E-state index contributed by atoms with van der Waals surface area (Å²) in [5, 5.41) is 22.2. The Balaban J connectivity index is 1.81. The van der Waals surface area contributed by atoms with Crippen molar-refractivity contribution in [1.82, 2.24) is 5.32 Å². The number of halogens is 1. The van der Waals surface area contributed by atoms with E-state index in [4.69, 9.17) is 9.84 Å². The van der Waals surface area contributed by atoms with Crippen molar-refractivity contribution >= 4 is 39.4 Å². The largest absolute Gasteiger partial charge is 0.506 e. The lowest BCUT2D eigenvalue weighted by atomic mass is 9.86. The molecule has 2 aliphatic rings. The molecule has 1 fully saturated rings. The highest BCUT2D eigenvalue weighted by molar-refractivity contribution is 9.10. The summed E-state index contributed by atoms with van der Waals surface area (Å²) in [6.45, 7) is 3.90. The molecule has 0 saturated carbocycles. The Bertz CT molecular complexity index is 832. The standard InChI is InChI=1S/C19H23BrN2O6/c1-18(2)12-7-11(20)8-13(23)16(12)22(17(18)27)9-14(24)21-19(4-3-15(25)26)5-6-28-10-19/h7-8,23H,3-6,9-10H2,1-2H3,(H,21,24)(H,25,26)/t19-/m0/s1. The zero-order chi connectivity index (χ0) is 20.7. The Hall–Kier alpha value is -2.13. The van der Waals surface area contributed by atoms with Gasteiger partial charge in [-0.05, 0) is 44.4 Å².